The summed E-state index contributed by atoms with van der Waals surface area (Å²) in [4.78, 5) is 12.3. The number of hydrogen-bond donors (Lipinski definition) is 1. The van der Waals surface area contributed by atoms with Crippen LogP contribution in [0.4, 0.5) is 5.69 Å². The second kappa shape index (κ2) is 8.58. The lowest BCUT2D eigenvalue weighted by molar-refractivity contribution is 0.104. The number of benzene rings is 2. The lowest BCUT2D eigenvalue weighted by Gasteiger charge is -2.13. The van der Waals surface area contributed by atoms with Gasteiger partial charge in [0.25, 0.3) is 0 Å². The minimum atomic E-state index is -0.174. The summed E-state index contributed by atoms with van der Waals surface area (Å²) >= 11 is 2.24. The predicted octanol–water partition coefficient (Wildman–Crippen LogP) is 4.13. The van der Waals surface area contributed by atoms with Gasteiger partial charge in [0, 0.05) is 27.1 Å². The highest BCUT2D eigenvalue weighted by Crippen LogP contribution is 2.38. The highest BCUT2D eigenvalue weighted by Gasteiger charge is 2.15. The molecule has 5 nitrogen and oxygen atoms in total. The highest BCUT2D eigenvalue weighted by molar-refractivity contribution is 14.1. The summed E-state index contributed by atoms with van der Waals surface area (Å²) in [6, 6.07) is 11.1. The summed E-state index contributed by atoms with van der Waals surface area (Å²) < 4.78 is 16.9. The molecule has 0 aromatic heterocycles. The van der Waals surface area contributed by atoms with Gasteiger partial charge in [-0.3, -0.25) is 4.79 Å². The van der Waals surface area contributed by atoms with Gasteiger partial charge in [-0.2, -0.15) is 0 Å². The normalized spacial score (nSPS) is 10.5. The maximum Gasteiger partial charge on any atom is 0.203 e. The van der Waals surface area contributed by atoms with Gasteiger partial charge in [0.1, 0.15) is 0 Å². The number of rotatable bonds is 7. The average molecular weight is 439 g/mol. The molecular weight excluding hydrogens is 421 g/mol. The summed E-state index contributed by atoms with van der Waals surface area (Å²) in [7, 11) is 4.55. The number of carbonyl (C=O) groups is 1. The van der Waals surface area contributed by atoms with Crippen LogP contribution in [-0.2, 0) is 0 Å². The Balaban J connectivity index is 2.16. The van der Waals surface area contributed by atoms with E-state index >= 15 is 0 Å². The Morgan fingerprint density at radius 2 is 1.58 bits per heavy atom. The zero-order valence-electron chi connectivity index (χ0n) is 13.6. The summed E-state index contributed by atoms with van der Waals surface area (Å²) in [6.45, 7) is 0. The number of carbonyl (C=O) groups excluding carboxylic acids is 1. The van der Waals surface area contributed by atoms with E-state index in [-0.39, 0.29) is 5.78 Å². The van der Waals surface area contributed by atoms with Crippen LogP contribution >= 0.6 is 22.6 Å². The number of anilines is 1. The second-order valence-corrected chi connectivity index (χ2v) is 6.01. The lowest BCUT2D eigenvalue weighted by Crippen LogP contribution is -2.01. The van der Waals surface area contributed by atoms with E-state index in [9.17, 15) is 4.79 Å². The summed E-state index contributed by atoms with van der Waals surface area (Å²) in [5.74, 6) is 1.17. The van der Waals surface area contributed by atoms with E-state index in [2.05, 4.69) is 27.9 Å². The second-order valence-electron chi connectivity index (χ2n) is 4.76. The van der Waals surface area contributed by atoms with Crippen molar-refractivity contribution in [2.75, 3.05) is 26.6 Å². The minimum absolute atomic E-state index is 0.174. The smallest absolute Gasteiger partial charge is 0.203 e. The standard InChI is InChI=1S/C18H18INO4/c1-22-16-10-12(11-17(23-2)18(16)24-3)15(21)8-9-20-14-6-4-13(19)5-7-14/h4-11,20H,1-3H3. The molecule has 0 aliphatic heterocycles. The van der Waals surface area contributed by atoms with Crippen LogP contribution in [0.3, 0.4) is 0 Å². The number of hydrogen-bond acceptors (Lipinski definition) is 5. The first-order valence-corrected chi connectivity index (χ1v) is 8.20. The Morgan fingerprint density at radius 3 is 2.08 bits per heavy atom. The van der Waals surface area contributed by atoms with Crippen LogP contribution in [0.2, 0.25) is 0 Å². The van der Waals surface area contributed by atoms with E-state index < -0.39 is 0 Å². The Kier molecular flexibility index (Phi) is 6.48. The van der Waals surface area contributed by atoms with Gasteiger partial charge in [-0.1, -0.05) is 0 Å². The van der Waals surface area contributed by atoms with Gasteiger partial charge in [0.05, 0.1) is 21.3 Å². The zero-order chi connectivity index (χ0) is 17.5. The molecule has 24 heavy (non-hydrogen) atoms. The third-order valence-electron chi connectivity index (χ3n) is 3.28. The zero-order valence-corrected chi connectivity index (χ0v) is 15.8. The molecule has 0 spiro atoms. The first-order valence-electron chi connectivity index (χ1n) is 7.12. The Hall–Kier alpha value is -2.22. The van der Waals surface area contributed by atoms with Crippen molar-refractivity contribution in [2.24, 2.45) is 0 Å². The van der Waals surface area contributed by atoms with E-state index in [1.54, 1.807) is 18.3 Å². The first-order chi connectivity index (χ1) is 11.6. The van der Waals surface area contributed by atoms with Gasteiger partial charge in [0.2, 0.25) is 5.75 Å². The van der Waals surface area contributed by atoms with Crippen LogP contribution in [0.25, 0.3) is 0 Å². The average Bonchev–Trinajstić information content (AvgIpc) is 2.61. The van der Waals surface area contributed by atoms with E-state index in [4.69, 9.17) is 14.2 Å². The van der Waals surface area contributed by atoms with Gasteiger partial charge in [-0.05, 0) is 59.0 Å². The maximum atomic E-state index is 12.3. The van der Waals surface area contributed by atoms with Crippen molar-refractivity contribution in [1.82, 2.24) is 0 Å². The Bertz CT molecular complexity index is 716. The Morgan fingerprint density at radius 1 is 1.00 bits per heavy atom. The van der Waals surface area contributed by atoms with Gasteiger partial charge in [0.15, 0.2) is 17.3 Å². The van der Waals surface area contributed by atoms with Crippen LogP contribution in [0.1, 0.15) is 10.4 Å². The molecule has 0 aliphatic rings. The lowest BCUT2D eigenvalue weighted by atomic mass is 10.1. The van der Waals surface area contributed by atoms with Gasteiger partial charge < -0.3 is 19.5 Å². The molecule has 0 aliphatic carbocycles. The maximum absolute atomic E-state index is 12.3. The van der Waals surface area contributed by atoms with Gasteiger partial charge in [-0.25, -0.2) is 0 Å². The molecule has 0 heterocycles. The third-order valence-corrected chi connectivity index (χ3v) is 4.00. The number of halogens is 1. The van der Waals surface area contributed by atoms with E-state index in [1.165, 1.54) is 27.4 Å². The monoisotopic (exact) mass is 439 g/mol. The van der Waals surface area contributed by atoms with Crippen LogP contribution < -0.4 is 19.5 Å². The molecule has 2 rings (SSSR count). The third kappa shape index (κ3) is 4.41. The molecule has 0 unspecified atom stereocenters. The SMILES string of the molecule is COc1cc(C(=O)C=CNc2ccc(I)cc2)cc(OC)c1OC. The molecule has 0 atom stereocenters. The van der Waals surface area contributed by atoms with Crippen molar-refractivity contribution in [3.63, 3.8) is 0 Å². The number of ether oxygens (including phenoxy) is 3. The van der Waals surface area contributed by atoms with E-state index in [0.717, 1.165) is 9.26 Å². The minimum Gasteiger partial charge on any atom is -0.493 e. The number of ketones is 1. The summed E-state index contributed by atoms with van der Waals surface area (Å²) in [6.07, 6.45) is 3.06. The fourth-order valence-electron chi connectivity index (χ4n) is 2.08. The van der Waals surface area contributed by atoms with Crippen molar-refractivity contribution in [3.05, 3.63) is 57.8 Å². The number of nitrogens with one attached hydrogen (secondary N) is 1. The molecule has 0 fully saturated rings. The summed E-state index contributed by atoms with van der Waals surface area (Å²) in [5, 5.41) is 3.06. The fourth-order valence-corrected chi connectivity index (χ4v) is 2.44. The quantitative estimate of drug-likeness (QED) is 0.400. The molecule has 2 aromatic carbocycles. The molecule has 0 radical (unpaired) electrons. The van der Waals surface area contributed by atoms with Crippen molar-refractivity contribution in [2.45, 2.75) is 0 Å². The molecule has 0 saturated carbocycles. The van der Waals surface area contributed by atoms with Crippen LogP contribution in [0, 0.1) is 3.57 Å². The first kappa shape index (κ1) is 18.1. The van der Waals surface area contributed by atoms with Crippen molar-refractivity contribution < 1.29 is 19.0 Å². The number of allylic oxidation sites excluding steroid dienone is 1. The molecule has 2 aromatic rings. The van der Waals surface area contributed by atoms with Gasteiger partial charge in [-0.15, -0.1) is 0 Å². The molecular formula is C18H18INO4. The van der Waals surface area contributed by atoms with Crippen molar-refractivity contribution >= 4 is 34.1 Å². The predicted molar refractivity (Wildman–Crippen MR) is 102 cm³/mol. The Labute approximate surface area is 154 Å². The largest absolute Gasteiger partial charge is 0.493 e. The fraction of sp³-hybridized carbons (Fsp3) is 0.167. The number of methoxy groups -OCH3 is 3. The van der Waals surface area contributed by atoms with Crippen molar-refractivity contribution in [3.8, 4) is 17.2 Å². The van der Waals surface area contributed by atoms with Gasteiger partial charge >= 0.3 is 0 Å². The highest BCUT2D eigenvalue weighted by atomic mass is 127. The summed E-state index contributed by atoms with van der Waals surface area (Å²) in [5.41, 5.74) is 1.36. The molecule has 1 N–H and O–H groups in total. The van der Waals surface area contributed by atoms with Crippen LogP contribution in [-0.4, -0.2) is 27.1 Å². The molecule has 0 bridgehead atoms. The molecule has 0 amide bonds. The van der Waals surface area contributed by atoms with Crippen LogP contribution in [0.5, 0.6) is 17.2 Å². The van der Waals surface area contributed by atoms with Crippen LogP contribution in [0.15, 0.2) is 48.7 Å². The molecule has 126 valence electrons. The molecule has 6 heteroatoms. The van der Waals surface area contributed by atoms with E-state index in [0.29, 0.717) is 22.8 Å². The van der Waals surface area contributed by atoms with E-state index in [1.807, 2.05) is 24.3 Å². The topological polar surface area (TPSA) is 56.8 Å². The molecule has 0 saturated heterocycles. The van der Waals surface area contributed by atoms with Crippen molar-refractivity contribution in [1.29, 1.82) is 0 Å².